The maximum absolute atomic E-state index is 14.2. The van der Waals surface area contributed by atoms with Gasteiger partial charge in [0, 0.05) is 23.2 Å². The number of aliphatic hydroxyl groups is 4. The zero-order chi connectivity index (χ0) is 28.9. The molecule has 9 nitrogen and oxygen atoms in total. The summed E-state index contributed by atoms with van der Waals surface area (Å²) in [6, 6.07) is 0. The number of ether oxygens (including phenoxy) is 2. The first kappa shape index (κ1) is 28.4. The molecule has 9 heteroatoms. The monoisotopic (exact) mass is 544 g/mol. The van der Waals surface area contributed by atoms with Gasteiger partial charge >= 0.3 is 0 Å². The van der Waals surface area contributed by atoms with Crippen LogP contribution < -0.4 is 0 Å². The number of aliphatic hydroxyl groups excluding tert-OH is 4. The Balaban J connectivity index is 1.56. The van der Waals surface area contributed by atoms with E-state index in [1.54, 1.807) is 26.8 Å². The lowest BCUT2D eigenvalue weighted by atomic mass is 9.39. The quantitative estimate of drug-likeness (QED) is 0.388. The van der Waals surface area contributed by atoms with Crippen LogP contribution >= 0.6 is 0 Å². The Morgan fingerprint density at radius 3 is 2.33 bits per heavy atom. The fourth-order valence-electron chi connectivity index (χ4n) is 8.34. The highest BCUT2D eigenvalue weighted by Crippen LogP contribution is 2.71. The molecule has 0 amide bonds. The number of hydrogen-bond acceptors (Lipinski definition) is 9. The van der Waals surface area contributed by atoms with E-state index in [4.69, 9.17) is 9.47 Å². The van der Waals surface area contributed by atoms with E-state index in [9.17, 15) is 34.8 Å². The number of Topliss-reactive ketones (excluding diaryl/α,β-unsaturated/α-hetero) is 3. The fourth-order valence-corrected chi connectivity index (χ4v) is 8.34. The molecule has 214 valence electrons. The summed E-state index contributed by atoms with van der Waals surface area (Å²) in [7, 11) is 0. The lowest BCUT2D eigenvalue weighted by molar-refractivity contribution is -0.291. The highest BCUT2D eigenvalue weighted by atomic mass is 16.7. The average molecular weight is 545 g/mol. The molecular formula is C30H40O9. The second-order valence-electron chi connectivity index (χ2n) is 13.2. The van der Waals surface area contributed by atoms with Gasteiger partial charge in [-0.15, -0.1) is 0 Å². The molecule has 0 spiro atoms. The van der Waals surface area contributed by atoms with Crippen molar-refractivity contribution in [3.05, 3.63) is 35.1 Å². The number of rotatable bonds is 4. The molecule has 0 aromatic rings. The Hall–Kier alpha value is -2.17. The third-order valence-electron chi connectivity index (χ3n) is 11.0. The maximum atomic E-state index is 14.2. The van der Waals surface area contributed by atoms with Gasteiger partial charge in [0.15, 0.2) is 11.5 Å². The fraction of sp³-hybridized carbons (Fsp3) is 0.700. The molecule has 1 aliphatic heterocycles. The Labute approximate surface area is 228 Å². The van der Waals surface area contributed by atoms with Gasteiger partial charge in [-0.2, -0.15) is 0 Å². The molecule has 5 rings (SSSR count). The minimum absolute atomic E-state index is 0.0100. The van der Waals surface area contributed by atoms with Crippen molar-refractivity contribution in [2.24, 2.45) is 33.5 Å². The molecule has 0 radical (unpaired) electrons. The van der Waals surface area contributed by atoms with Gasteiger partial charge in [-0.1, -0.05) is 38.5 Å². The molecule has 0 aromatic carbocycles. The summed E-state index contributed by atoms with van der Waals surface area (Å²) in [5, 5.41) is 40.5. The summed E-state index contributed by atoms with van der Waals surface area (Å²) in [5.41, 5.74) is -1.26. The molecule has 39 heavy (non-hydrogen) atoms. The van der Waals surface area contributed by atoms with Crippen LogP contribution in [0.25, 0.3) is 0 Å². The molecule has 5 aliphatic rings. The van der Waals surface area contributed by atoms with Gasteiger partial charge in [0.05, 0.1) is 12.0 Å². The molecule has 10 atom stereocenters. The number of allylic oxidation sites excluding steroid dienone is 6. The van der Waals surface area contributed by atoms with Crippen LogP contribution in [0.2, 0.25) is 0 Å². The van der Waals surface area contributed by atoms with Gasteiger partial charge in [0.25, 0.3) is 0 Å². The van der Waals surface area contributed by atoms with Crippen molar-refractivity contribution in [2.45, 2.75) is 91.5 Å². The molecule has 1 saturated heterocycles. The van der Waals surface area contributed by atoms with Crippen molar-refractivity contribution >= 4 is 17.3 Å². The molecular weight excluding hydrogens is 504 g/mol. The Kier molecular flexibility index (Phi) is 6.48. The van der Waals surface area contributed by atoms with Crippen LogP contribution in [-0.2, 0) is 23.9 Å². The number of fused-ring (bicyclic) bond motifs is 5. The number of carbonyl (C=O) groups excluding carboxylic acids is 3. The normalized spacial score (nSPS) is 46.8. The summed E-state index contributed by atoms with van der Waals surface area (Å²) in [6.07, 6.45) is -0.346. The van der Waals surface area contributed by atoms with Crippen molar-refractivity contribution < 1.29 is 44.3 Å². The van der Waals surface area contributed by atoms with Crippen LogP contribution in [-0.4, -0.2) is 75.1 Å². The van der Waals surface area contributed by atoms with Crippen LogP contribution in [0.1, 0.15) is 60.8 Å². The minimum atomic E-state index is -1.67. The second-order valence-corrected chi connectivity index (χ2v) is 13.2. The summed E-state index contributed by atoms with van der Waals surface area (Å²) in [6.45, 7) is 10.7. The van der Waals surface area contributed by atoms with E-state index in [1.807, 2.05) is 19.9 Å². The standard InChI is InChI=1S/C30H40O9/c1-14(32)15-9-10-28(4)20-8-7-16-17(30(20,6)21(33)12-29(15,28)5)11-18(25(37)27(16,2)3)38-26-24(36)23(35)22(34)19(13-31)39-26/h7,9,11,17,19-20,22-24,26,31,34-36H,8,10,12-13H2,1-6H3. The first-order valence-corrected chi connectivity index (χ1v) is 13.7. The molecule has 4 aliphatic carbocycles. The first-order chi connectivity index (χ1) is 18.1. The van der Waals surface area contributed by atoms with E-state index in [1.165, 1.54) is 0 Å². The second kappa shape index (κ2) is 8.91. The largest absolute Gasteiger partial charge is 0.459 e. The van der Waals surface area contributed by atoms with E-state index in [0.717, 1.165) is 11.1 Å². The molecule has 2 fully saturated rings. The van der Waals surface area contributed by atoms with Crippen LogP contribution in [0.15, 0.2) is 35.1 Å². The lowest BCUT2D eigenvalue weighted by Gasteiger charge is -2.62. The number of ketones is 3. The van der Waals surface area contributed by atoms with Gasteiger partial charge in [0.2, 0.25) is 12.1 Å². The molecule has 4 N–H and O–H groups in total. The minimum Gasteiger partial charge on any atom is -0.459 e. The van der Waals surface area contributed by atoms with E-state index in [2.05, 4.69) is 13.0 Å². The molecule has 0 aromatic heterocycles. The summed E-state index contributed by atoms with van der Waals surface area (Å²) >= 11 is 0. The molecule has 10 unspecified atom stereocenters. The molecule has 1 saturated carbocycles. The zero-order valence-electron chi connectivity index (χ0n) is 23.4. The third-order valence-corrected chi connectivity index (χ3v) is 11.0. The van der Waals surface area contributed by atoms with E-state index < -0.39 is 59.5 Å². The van der Waals surface area contributed by atoms with Crippen LogP contribution in [0.5, 0.6) is 0 Å². The number of carbonyl (C=O) groups is 3. The summed E-state index contributed by atoms with van der Waals surface area (Å²) < 4.78 is 11.4. The van der Waals surface area contributed by atoms with Crippen molar-refractivity contribution in [3.63, 3.8) is 0 Å². The van der Waals surface area contributed by atoms with E-state index >= 15 is 0 Å². The molecule has 1 heterocycles. The predicted molar refractivity (Wildman–Crippen MR) is 139 cm³/mol. The topological polar surface area (TPSA) is 151 Å². The van der Waals surface area contributed by atoms with Crippen molar-refractivity contribution in [1.29, 1.82) is 0 Å². The van der Waals surface area contributed by atoms with Crippen LogP contribution in [0, 0.1) is 33.5 Å². The zero-order valence-corrected chi connectivity index (χ0v) is 23.4. The first-order valence-electron chi connectivity index (χ1n) is 13.7. The van der Waals surface area contributed by atoms with Crippen LogP contribution in [0.4, 0.5) is 0 Å². The van der Waals surface area contributed by atoms with Gasteiger partial charge in [0.1, 0.15) is 30.2 Å². The average Bonchev–Trinajstić information content (AvgIpc) is 3.14. The Bertz CT molecular complexity index is 1210. The molecule has 0 bridgehead atoms. The lowest BCUT2D eigenvalue weighted by Crippen LogP contribution is -2.62. The smallest absolute Gasteiger partial charge is 0.229 e. The van der Waals surface area contributed by atoms with Crippen molar-refractivity contribution in [1.82, 2.24) is 0 Å². The van der Waals surface area contributed by atoms with Gasteiger partial charge < -0.3 is 29.9 Å². The van der Waals surface area contributed by atoms with Crippen molar-refractivity contribution in [3.8, 4) is 0 Å². The highest BCUT2D eigenvalue weighted by Gasteiger charge is 2.69. The summed E-state index contributed by atoms with van der Waals surface area (Å²) in [5.74, 6) is -1.00. The number of hydrogen-bond donors (Lipinski definition) is 4. The summed E-state index contributed by atoms with van der Waals surface area (Å²) in [4.78, 5) is 40.4. The Morgan fingerprint density at radius 1 is 1.05 bits per heavy atom. The van der Waals surface area contributed by atoms with E-state index in [-0.39, 0.29) is 40.9 Å². The van der Waals surface area contributed by atoms with Gasteiger partial charge in [-0.3, -0.25) is 14.4 Å². The van der Waals surface area contributed by atoms with Crippen molar-refractivity contribution in [2.75, 3.05) is 6.61 Å². The van der Waals surface area contributed by atoms with Gasteiger partial charge in [-0.05, 0) is 56.6 Å². The van der Waals surface area contributed by atoms with E-state index in [0.29, 0.717) is 12.8 Å². The van der Waals surface area contributed by atoms with Crippen LogP contribution in [0.3, 0.4) is 0 Å². The highest BCUT2D eigenvalue weighted by molar-refractivity contribution is 6.03. The van der Waals surface area contributed by atoms with Gasteiger partial charge in [-0.25, -0.2) is 0 Å². The third kappa shape index (κ3) is 3.59. The maximum Gasteiger partial charge on any atom is 0.229 e. The Morgan fingerprint density at radius 2 is 1.72 bits per heavy atom. The SMILES string of the molecule is CC(=O)C1=CCC2(C)C3CC=C4C(C=C(OC5OC(CO)C(O)C(O)C5O)C(=O)C4(C)C)C3(C)C(=O)CC12C. The predicted octanol–water partition coefficient (Wildman–Crippen LogP) is 1.77.